The molecule has 4 N–H and O–H groups in total. The van der Waals surface area contributed by atoms with Crippen molar-refractivity contribution in [2.45, 2.75) is 6.92 Å². The Bertz CT molecular complexity index is 746. The van der Waals surface area contributed by atoms with Crippen molar-refractivity contribution in [3.8, 4) is 0 Å². The van der Waals surface area contributed by atoms with Crippen molar-refractivity contribution in [3.63, 3.8) is 0 Å². The van der Waals surface area contributed by atoms with Crippen LogP contribution in [0.3, 0.4) is 0 Å². The van der Waals surface area contributed by atoms with E-state index in [1.54, 1.807) is 18.3 Å². The van der Waals surface area contributed by atoms with Crippen LogP contribution in [0, 0.1) is 6.92 Å². The number of para-hydroxylation sites is 1. The van der Waals surface area contributed by atoms with Crippen LogP contribution in [0.2, 0.25) is 0 Å². The highest BCUT2D eigenvalue weighted by atomic mass is 16.1. The van der Waals surface area contributed by atoms with E-state index in [0.717, 1.165) is 22.2 Å². The zero-order chi connectivity index (χ0) is 15.2. The van der Waals surface area contributed by atoms with Gasteiger partial charge in [0, 0.05) is 17.1 Å². The molecule has 0 radical (unpaired) electrons. The second kappa shape index (κ2) is 6.52. The molecule has 0 unspecified atom stereocenters. The highest BCUT2D eigenvalue weighted by Crippen LogP contribution is 2.16. The van der Waals surface area contributed by atoms with Crippen LogP contribution in [0.5, 0.6) is 0 Å². The second-order valence-corrected chi connectivity index (χ2v) is 4.65. The Morgan fingerprint density at radius 3 is 2.29 bits per heavy atom. The Kier molecular flexibility index (Phi) is 4.51. The Hall–Kier alpha value is -2.88. The number of carbonyl (C=O) groups is 1. The highest BCUT2D eigenvalue weighted by molar-refractivity contribution is 5.92. The number of pyridine rings is 1. The van der Waals surface area contributed by atoms with Gasteiger partial charge >= 0.3 is 0 Å². The number of aryl methyl sites for hydroxylation is 1. The number of hydrogen-bond donors (Lipinski definition) is 2. The van der Waals surface area contributed by atoms with Crippen LogP contribution in [0.15, 0.2) is 60.8 Å². The first-order chi connectivity index (χ1) is 10.1. The van der Waals surface area contributed by atoms with E-state index in [4.69, 9.17) is 11.5 Å². The minimum atomic E-state index is -0.375. The molecule has 0 aliphatic heterocycles. The number of amides is 1. The molecule has 0 bridgehead atoms. The van der Waals surface area contributed by atoms with Gasteiger partial charge in [-0.3, -0.25) is 9.78 Å². The van der Waals surface area contributed by atoms with Gasteiger partial charge in [0.2, 0.25) is 5.91 Å². The van der Waals surface area contributed by atoms with Crippen molar-refractivity contribution in [2.75, 3.05) is 5.73 Å². The molecule has 2 aromatic carbocycles. The number of fused-ring (bicyclic) bond motifs is 1. The lowest BCUT2D eigenvalue weighted by Crippen LogP contribution is -2.10. The Morgan fingerprint density at radius 1 is 1.00 bits per heavy atom. The Labute approximate surface area is 123 Å². The number of primary amides is 1. The summed E-state index contributed by atoms with van der Waals surface area (Å²) in [4.78, 5) is 14.7. The quantitative estimate of drug-likeness (QED) is 0.672. The molecule has 0 spiro atoms. The molecule has 4 heteroatoms. The molecule has 4 nitrogen and oxygen atoms in total. The van der Waals surface area contributed by atoms with Gasteiger partial charge in [-0.15, -0.1) is 0 Å². The lowest BCUT2D eigenvalue weighted by atomic mass is 10.1. The number of nitrogens with zero attached hydrogens (tertiary/aromatic N) is 1. The number of anilines is 1. The number of benzene rings is 2. The van der Waals surface area contributed by atoms with Crippen LogP contribution in [0.25, 0.3) is 10.9 Å². The van der Waals surface area contributed by atoms with Gasteiger partial charge in [-0.05, 0) is 31.2 Å². The second-order valence-electron chi connectivity index (χ2n) is 4.65. The first-order valence-corrected chi connectivity index (χ1v) is 6.53. The number of nitrogen functional groups attached to an aromatic ring is 1. The average molecular weight is 279 g/mol. The van der Waals surface area contributed by atoms with Gasteiger partial charge in [0.25, 0.3) is 0 Å². The standard InChI is InChI=1S/C9H8N2.C8H9NO/c10-8-5-1-3-7-4-2-6-11-9(7)8;1-6-2-4-7(5-3-6)8(9)10/h1-6H,10H2;2-5H,1H3,(H2,9,10). The van der Waals surface area contributed by atoms with E-state index in [2.05, 4.69) is 4.98 Å². The van der Waals surface area contributed by atoms with E-state index in [1.807, 2.05) is 49.4 Å². The lowest BCUT2D eigenvalue weighted by Gasteiger charge is -1.97. The van der Waals surface area contributed by atoms with Crippen LogP contribution < -0.4 is 11.5 Å². The molecule has 1 amide bonds. The summed E-state index contributed by atoms with van der Waals surface area (Å²) < 4.78 is 0. The fraction of sp³-hybridized carbons (Fsp3) is 0.0588. The largest absolute Gasteiger partial charge is 0.397 e. The first kappa shape index (κ1) is 14.5. The van der Waals surface area contributed by atoms with Crippen LogP contribution in [-0.2, 0) is 0 Å². The zero-order valence-electron chi connectivity index (χ0n) is 11.8. The number of rotatable bonds is 1. The van der Waals surface area contributed by atoms with Crippen LogP contribution >= 0.6 is 0 Å². The first-order valence-electron chi connectivity index (χ1n) is 6.53. The minimum Gasteiger partial charge on any atom is -0.397 e. The van der Waals surface area contributed by atoms with Crippen LogP contribution in [0.4, 0.5) is 5.69 Å². The molecule has 21 heavy (non-hydrogen) atoms. The smallest absolute Gasteiger partial charge is 0.248 e. The van der Waals surface area contributed by atoms with E-state index in [-0.39, 0.29) is 5.91 Å². The van der Waals surface area contributed by atoms with Gasteiger partial charge in [-0.2, -0.15) is 0 Å². The van der Waals surface area contributed by atoms with E-state index >= 15 is 0 Å². The predicted octanol–water partition coefficient (Wildman–Crippen LogP) is 2.91. The van der Waals surface area contributed by atoms with Crippen LogP contribution in [0.1, 0.15) is 15.9 Å². The molecule has 1 aromatic heterocycles. The van der Waals surface area contributed by atoms with Gasteiger partial charge in [-0.25, -0.2) is 0 Å². The van der Waals surface area contributed by atoms with Gasteiger partial charge in [0.15, 0.2) is 0 Å². The number of nitrogens with two attached hydrogens (primary N) is 2. The summed E-state index contributed by atoms with van der Waals surface area (Å²) in [6.07, 6.45) is 1.75. The number of aromatic nitrogens is 1. The average Bonchev–Trinajstić information content (AvgIpc) is 2.49. The van der Waals surface area contributed by atoms with Crippen molar-refractivity contribution < 1.29 is 4.79 Å². The lowest BCUT2D eigenvalue weighted by molar-refractivity contribution is 0.100. The molecule has 0 aliphatic carbocycles. The number of hydrogen-bond acceptors (Lipinski definition) is 3. The fourth-order valence-corrected chi connectivity index (χ4v) is 1.85. The molecule has 0 saturated heterocycles. The fourth-order valence-electron chi connectivity index (χ4n) is 1.85. The Morgan fingerprint density at radius 2 is 1.67 bits per heavy atom. The molecule has 0 aliphatic rings. The van der Waals surface area contributed by atoms with Crippen LogP contribution in [-0.4, -0.2) is 10.9 Å². The molecule has 3 rings (SSSR count). The summed E-state index contributed by atoms with van der Waals surface area (Å²) in [7, 11) is 0. The summed E-state index contributed by atoms with van der Waals surface area (Å²) in [5, 5.41) is 1.09. The summed E-state index contributed by atoms with van der Waals surface area (Å²) in [5.74, 6) is -0.375. The van der Waals surface area contributed by atoms with Crippen molar-refractivity contribution in [2.24, 2.45) is 5.73 Å². The van der Waals surface area contributed by atoms with E-state index in [0.29, 0.717) is 5.56 Å². The molecule has 0 fully saturated rings. The summed E-state index contributed by atoms with van der Waals surface area (Å²) in [6.45, 7) is 1.96. The van der Waals surface area contributed by atoms with Crippen molar-refractivity contribution in [3.05, 3.63) is 71.9 Å². The maximum absolute atomic E-state index is 10.5. The van der Waals surface area contributed by atoms with Gasteiger partial charge < -0.3 is 11.5 Å². The Balaban J connectivity index is 0.000000155. The molecule has 0 saturated carbocycles. The SMILES string of the molecule is Cc1ccc(C(N)=O)cc1.Nc1cccc2cccnc12. The molecular weight excluding hydrogens is 262 g/mol. The maximum Gasteiger partial charge on any atom is 0.248 e. The zero-order valence-corrected chi connectivity index (χ0v) is 11.8. The van der Waals surface area contributed by atoms with Gasteiger partial charge in [-0.1, -0.05) is 35.9 Å². The van der Waals surface area contributed by atoms with Gasteiger partial charge in [0.05, 0.1) is 11.2 Å². The van der Waals surface area contributed by atoms with Gasteiger partial charge in [0.1, 0.15) is 0 Å². The topological polar surface area (TPSA) is 82.0 Å². The van der Waals surface area contributed by atoms with Crippen molar-refractivity contribution in [1.82, 2.24) is 4.98 Å². The molecule has 3 aromatic rings. The minimum absolute atomic E-state index is 0.375. The predicted molar refractivity (Wildman–Crippen MR) is 85.9 cm³/mol. The molecule has 106 valence electrons. The third-order valence-corrected chi connectivity index (χ3v) is 3.00. The van der Waals surface area contributed by atoms with E-state index in [1.165, 1.54) is 0 Å². The summed E-state index contributed by atoms with van der Waals surface area (Å²) in [6, 6.07) is 16.9. The normalized spacial score (nSPS) is 9.76. The third kappa shape index (κ3) is 3.79. The van der Waals surface area contributed by atoms with E-state index in [9.17, 15) is 4.79 Å². The van der Waals surface area contributed by atoms with E-state index < -0.39 is 0 Å². The molecular formula is C17H17N3O. The monoisotopic (exact) mass is 279 g/mol. The highest BCUT2D eigenvalue weighted by Gasteiger charge is 1.96. The maximum atomic E-state index is 10.5. The summed E-state index contributed by atoms with van der Waals surface area (Å²) in [5.41, 5.74) is 14.0. The number of carbonyl (C=O) groups excluding carboxylic acids is 1. The third-order valence-electron chi connectivity index (χ3n) is 3.00. The van der Waals surface area contributed by atoms with Crippen molar-refractivity contribution >= 4 is 22.5 Å². The molecule has 0 atom stereocenters. The summed E-state index contributed by atoms with van der Waals surface area (Å²) >= 11 is 0. The molecule has 1 heterocycles. The van der Waals surface area contributed by atoms with Crippen molar-refractivity contribution in [1.29, 1.82) is 0 Å².